The first-order chi connectivity index (χ1) is 18.8. The molecule has 0 saturated carbocycles. The number of rotatable bonds is 32. The number of hydrogen-bond acceptors (Lipinski definition) is 1. The zero-order valence-electron chi connectivity index (χ0n) is 26.4. The van der Waals surface area contributed by atoms with Crippen molar-refractivity contribution in [1.82, 2.24) is 0 Å². The Hall–Kier alpha value is -0.850. The van der Waals surface area contributed by atoms with Crippen molar-refractivity contribution in [3.8, 4) is 0 Å². The second kappa shape index (κ2) is 34.2. The average molecular weight is 531 g/mol. The summed E-state index contributed by atoms with van der Waals surface area (Å²) in [6, 6.07) is 0. The minimum absolute atomic E-state index is 0.121. The Balaban J connectivity index is 3.07. The molecular formula is C37H70O. The highest BCUT2D eigenvalue weighted by atomic mass is 16.1. The molecule has 0 N–H and O–H groups in total. The maximum absolute atomic E-state index is 10.8. The Labute approximate surface area is 241 Å². The summed E-state index contributed by atoms with van der Waals surface area (Å²) in [5.41, 5.74) is 0. The Morgan fingerprint density at radius 1 is 0.395 bits per heavy atom. The van der Waals surface area contributed by atoms with E-state index in [1.807, 2.05) is 12.2 Å². The first kappa shape index (κ1) is 37.1. The molecule has 224 valence electrons. The highest BCUT2D eigenvalue weighted by Crippen LogP contribution is 2.16. The van der Waals surface area contributed by atoms with Crippen LogP contribution in [0.25, 0.3) is 0 Å². The van der Waals surface area contributed by atoms with Crippen molar-refractivity contribution in [2.75, 3.05) is 0 Å². The van der Waals surface area contributed by atoms with Gasteiger partial charge in [-0.25, -0.2) is 0 Å². The third-order valence-electron chi connectivity index (χ3n) is 8.05. The summed E-state index contributed by atoms with van der Waals surface area (Å²) in [6.07, 6.45) is 50.9. The van der Waals surface area contributed by atoms with Crippen molar-refractivity contribution >= 4 is 5.78 Å². The van der Waals surface area contributed by atoms with E-state index in [9.17, 15) is 4.79 Å². The summed E-state index contributed by atoms with van der Waals surface area (Å²) in [5, 5.41) is 0. The van der Waals surface area contributed by atoms with Gasteiger partial charge in [0.15, 0.2) is 5.78 Å². The minimum Gasteiger partial charge on any atom is -0.295 e. The van der Waals surface area contributed by atoms with Crippen LogP contribution in [0.15, 0.2) is 24.3 Å². The number of carbonyl (C=O) groups is 1. The molecule has 0 aromatic heterocycles. The molecule has 0 saturated heterocycles. The molecule has 0 aliphatic heterocycles. The first-order valence-electron chi connectivity index (χ1n) is 17.6. The van der Waals surface area contributed by atoms with E-state index in [0.29, 0.717) is 0 Å². The molecular weight excluding hydrogens is 460 g/mol. The van der Waals surface area contributed by atoms with Crippen LogP contribution >= 0.6 is 0 Å². The normalized spacial score (nSPS) is 11.8. The smallest absolute Gasteiger partial charge is 0.152 e. The van der Waals surface area contributed by atoms with E-state index in [1.165, 1.54) is 186 Å². The molecule has 0 spiro atoms. The summed E-state index contributed by atoms with van der Waals surface area (Å²) in [4.78, 5) is 10.8. The van der Waals surface area contributed by atoms with E-state index < -0.39 is 0 Å². The quantitative estimate of drug-likeness (QED) is 0.0480. The number of hydrogen-bond donors (Lipinski definition) is 0. The molecule has 0 heterocycles. The van der Waals surface area contributed by atoms with Crippen molar-refractivity contribution in [1.29, 1.82) is 0 Å². The summed E-state index contributed by atoms with van der Waals surface area (Å²) in [7, 11) is 0. The molecule has 1 heteroatoms. The second-order valence-electron chi connectivity index (χ2n) is 12.1. The topological polar surface area (TPSA) is 17.1 Å². The zero-order chi connectivity index (χ0) is 27.6. The standard InChI is InChI=1S/C37H70O/c1-3-4-5-6-7-8-9-10-11-12-13-14-15-16-17-18-19-20-21-22-23-24-25-26-27-28-29-30-31-32-33-34-35-36-37(2)38/h33-36H,3-32H2,1-2H3/b34-33+,36-35+. The van der Waals surface area contributed by atoms with Gasteiger partial charge < -0.3 is 0 Å². The van der Waals surface area contributed by atoms with Crippen molar-refractivity contribution in [2.45, 2.75) is 206 Å². The predicted octanol–water partition coefficient (Wildman–Crippen LogP) is 13.4. The maximum Gasteiger partial charge on any atom is 0.152 e. The largest absolute Gasteiger partial charge is 0.295 e. The van der Waals surface area contributed by atoms with Crippen LogP contribution in [0.5, 0.6) is 0 Å². The molecule has 0 atom stereocenters. The van der Waals surface area contributed by atoms with Crippen LogP contribution in [0, 0.1) is 0 Å². The van der Waals surface area contributed by atoms with E-state index in [2.05, 4.69) is 13.0 Å². The van der Waals surface area contributed by atoms with E-state index in [0.717, 1.165) is 6.42 Å². The molecule has 0 rings (SSSR count). The highest BCUT2D eigenvalue weighted by molar-refractivity contribution is 5.87. The van der Waals surface area contributed by atoms with Crippen LogP contribution in [0.3, 0.4) is 0 Å². The highest BCUT2D eigenvalue weighted by Gasteiger charge is 1.96. The predicted molar refractivity (Wildman–Crippen MR) is 173 cm³/mol. The average Bonchev–Trinajstić information content (AvgIpc) is 2.91. The zero-order valence-corrected chi connectivity index (χ0v) is 26.4. The van der Waals surface area contributed by atoms with Crippen LogP contribution in [-0.2, 0) is 4.79 Å². The van der Waals surface area contributed by atoms with E-state index in [4.69, 9.17) is 0 Å². The van der Waals surface area contributed by atoms with Crippen LogP contribution in [0.2, 0.25) is 0 Å². The fourth-order valence-corrected chi connectivity index (χ4v) is 5.47. The van der Waals surface area contributed by atoms with Gasteiger partial charge >= 0.3 is 0 Å². The summed E-state index contributed by atoms with van der Waals surface area (Å²) >= 11 is 0. The lowest BCUT2D eigenvalue weighted by atomic mass is 10.0. The number of unbranched alkanes of at least 4 members (excludes halogenated alkanes) is 29. The van der Waals surface area contributed by atoms with Gasteiger partial charge in [0.1, 0.15) is 0 Å². The molecule has 0 aromatic rings. The lowest BCUT2D eigenvalue weighted by molar-refractivity contribution is -0.112. The van der Waals surface area contributed by atoms with E-state index in [1.54, 1.807) is 13.0 Å². The Bertz CT molecular complexity index is 503. The van der Waals surface area contributed by atoms with Gasteiger partial charge in [0.25, 0.3) is 0 Å². The monoisotopic (exact) mass is 531 g/mol. The molecule has 0 bridgehead atoms. The van der Waals surface area contributed by atoms with Crippen LogP contribution in [0.4, 0.5) is 0 Å². The maximum atomic E-state index is 10.8. The van der Waals surface area contributed by atoms with E-state index >= 15 is 0 Å². The lowest BCUT2D eigenvalue weighted by Crippen LogP contribution is -1.85. The van der Waals surface area contributed by atoms with Gasteiger partial charge in [-0.2, -0.15) is 0 Å². The second-order valence-corrected chi connectivity index (χ2v) is 12.1. The van der Waals surface area contributed by atoms with Gasteiger partial charge in [-0.15, -0.1) is 0 Å². The summed E-state index contributed by atoms with van der Waals surface area (Å²) in [5.74, 6) is 0.121. The Morgan fingerprint density at radius 2 is 0.658 bits per heavy atom. The molecule has 0 amide bonds. The first-order valence-corrected chi connectivity index (χ1v) is 17.6. The van der Waals surface area contributed by atoms with Gasteiger partial charge in [-0.3, -0.25) is 4.79 Å². The van der Waals surface area contributed by atoms with Gasteiger partial charge in [0, 0.05) is 0 Å². The fraction of sp³-hybridized carbons (Fsp3) is 0.865. The molecule has 1 nitrogen and oxygen atoms in total. The van der Waals surface area contributed by atoms with E-state index in [-0.39, 0.29) is 5.78 Å². The van der Waals surface area contributed by atoms with Crippen LogP contribution in [-0.4, -0.2) is 5.78 Å². The molecule has 0 aromatic carbocycles. The number of carbonyl (C=O) groups excluding carboxylic acids is 1. The van der Waals surface area contributed by atoms with Gasteiger partial charge in [-0.05, 0) is 25.8 Å². The fourth-order valence-electron chi connectivity index (χ4n) is 5.47. The molecule has 0 radical (unpaired) electrons. The van der Waals surface area contributed by atoms with Crippen LogP contribution < -0.4 is 0 Å². The van der Waals surface area contributed by atoms with Crippen molar-refractivity contribution in [3.63, 3.8) is 0 Å². The molecule has 0 unspecified atom stereocenters. The number of ketones is 1. The molecule has 0 aliphatic rings. The third-order valence-corrected chi connectivity index (χ3v) is 8.05. The minimum atomic E-state index is 0.121. The molecule has 0 fully saturated rings. The van der Waals surface area contributed by atoms with Crippen molar-refractivity contribution in [3.05, 3.63) is 24.3 Å². The molecule has 0 aliphatic carbocycles. The van der Waals surface area contributed by atoms with Crippen LogP contribution in [0.1, 0.15) is 206 Å². The Kier molecular flexibility index (Phi) is 33.4. The summed E-state index contributed by atoms with van der Waals surface area (Å²) in [6.45, 7) is 3.89. The summed E-state index contributed by atoms with van der Waals surface area (Å²) < 4.78 is 0. The van der Waals surface area contributed by atoms with Crippen molar-refractivity contribution < 1.29 is 4.79 Å². The third kappa shape index (κ3) is 35.2. The number of allylic oxidation sites excluding steroid dienone is 4. The SMILES string of the molecule is CCCCCCCCCCCCCCCCCCCCCCCCCCCCCCC/C=C/C=C/C(C)=O. The van der Waals surface area contributed by atoms with Gasteiger partial charge in [0.2, 0.25) is 0 Å². The van der Waals surface area contributed by atoms with Gasteiger partial charge in [0.05, 0.1) is 0 Å². The molecule has 38 heavy (non-hydrogen) atoms. The lowest BCUT2D eigenvalue weighted by Gasteiger charge is -2.04. The van der Waals surface area contributed by atoms with Gasteiger partial charge in [-0.1, -0.05) is 205 Å². The Morgan fingerprint density at radius 3 is 0.921 bits per heavy atom. The van der Waals surface area contributed by atoms with Crippen molar-refractivity contribution in [2.24, 2.45) is 0 Å².